The lowest BCUT2D eigenvalue weighted by Crippen LogP contribution is -2.06. The molecular formula is C21H21NO4. The maximum atomic E-state index is 12.2. The van der Waals surface area contributed by atoms with Crippen molar-refractivity contribution in [2.24, 2.45) is 4.99 Å². The molecule has 0 bridgehead atoms. The van der Waals surface area contributed by atoms with Crippen LogP contribution >= 0.6 is 0 Å². The fourth-order valence-electron chi connectivity index (χ4n) is 2.65. The van der Waals surface area contributed by atoms with E-state index < -0.39 is 5.97 Å². The number of aryl methyl sites for hydroxylation is 1. The zero-order valence-corrected chi connectivity index (χ0v) is 15.1. The molecule has 5 heteroatoms. The van der Waals surface area contributed by atoms with Crippen LogP contribution in [0, 0.1) is 6.92 Å². The van der Waals surface area contributed by atoms with E-state index in [4.69, 9.17) is 14.2 Å². The number of benzene rings is 2. The van der Waals surface area contributed by atoms with Gasteiger partial charge in [0.1, 0.15) is 0 Å². The molecule has 1 aliphatic heterocycles. The molecule has 5 nitrogen and oxygen atoms in total. The average Bonchev–Trinajstić information content (AvgIpc) is 2.98. The normalized spacial score (nSPS) is 15.0. The molecule has 0 saturated carbocycles. The van der Waals surface area contributed by atoms with Crippen LogP contribution in [0.5, 0.6) is 11.5 Å². The molecule has 134 valence electrons. The van der Waals surface area contributed by atoms with Crippen LogP contribution in [0.25, 0.3) is 6.08 Å². The van der Waals surface area contributed by atoms with E-state index in [1.165, 1.54) is 0 Å². The summed E-state index contributed by atoms with van der Waals surface area (Å²) in [4.78, 5) is 16.6. The first kappa shape index (κ1) is 17.7. The molecular weight excluding hydrogens is 330 g/mol. The summed E-state index contributed by atoms with van der Waals surface area (Å²) in [5.74, 6) is 1.18. The third kappa shape index (κ3) is 3.77. The van der Waals surface area contributed by atoms with E-state index in [-0.39, 0.29) is 5.70 Å². The number of esters is 1. The molecule has 26 heavy (non-hydrogen) atoms. The Morgan fingerprint density at radius 2 is 1.77 bits per heavy atom. The van der Waals surface area contributed by atoms with E-state index in [0.717, 1.165) is 16.7 Å². The minimum absolute atomic E-state index is 0.259. The summed E-state index contributed by atoms with van der Waals surface area (Å²) in [7, 11) is 0. The van der Waals surface area contributed by atoms with Crippen molar-refractivity contribution in [1.29, 1.82) is 0 Å². The summed E-state index contributed by atoms with van der Waals surface area (Å²) >= 11 is 0. The van der Waals surface area contributed by atoms with Crippen LogP contribution in [-0.4, -0.2) is 25.1 Å². The zero-order chi connectivity index (χ0) is 18.5. The Morgan fingerprint density at radius 1 is 1.04 bits per heavy atom. The quantitative estimate of drug-likeness (QED) is 0.580. The molecule has 0 N–H and O–H groups in total. The second-order valence-electron chi connectivity index (χ2n) is 5.72. The number of rotatable bonds is 6. The molecule has 0 atom stereocenters. The first-order valence-corrected chi connectivity index (χ1v) is 8.60. The maximum Gasteiger partial charge on any atom is 0.363 e. The van der Waals surface area contributed by atoms with E-state index in [9.17, 15) is 4.79 Å². The number of aliphatic imine (C=N–C) groups is 1. The van der Waals surface area contributed by atoms with Gasteiger partial charge < -0.3 is 14.2 Å². The number of carbonyl (C=O) groups is 1. The zero-order valence-electron chi connectivity index (χ0n) is 15.1. The van der Waals surface area contributed by atoms with Crippen LogP contribution in [0.3, 0.4) is 0 Å². The van der Waals surface area contributed by atoms with Crippen molar-refractivity contribution in [2.45, 2.75) is 20.8 Å². The molecule has 0 saturated heterocycles. The minimum Gasteiger partial charge on any atom is -0.490 e. The van der Waals surface area contributed by atoms with Crippen molar-refractivity contribution in [3.8, 4) is 11.5 Å². The Labute approximate surface area is 152 Å². The van der Waals surface area contributed by atoms with Gasteiger partial charge in [0, 0.05) is 5.56 Å². The van der Waals surface area contributed by atoms with Gasteiger partial charge in [-0.15, -0.1) is 0 Å². The molecule has 2 aromatic rings. The highest BCUT2D eigenvalue weighted by molar-refractivity contribution is 6.13. The smallest absolute Gasteiger partial charge is 0.363 e. The average molecular weight is 351 g/mol. The van der Waals surface area contributed by atoms with Gasteiger partial charge in [-0.1, -0.05) is 24.3 Å². The number of nitrogens with zero attached hydrogens (tertiary/aromatic N) is 1. The van der Waals surface area contributed by atoms with Gasteiger partial charge in [0.05, 0.1) is 13.2 Å². The second-order valence-corrected chi connectivity index (χ2v) is 5.72. The Balaban J connectivity index is 1.93. The maximum absolute atomic E-state index is 12.2. The van der Waals surface area contributed by atoms with Crippen molar-refractivity contribution in [3.05, 3.63) is 64.9 Å². The number of carbonyl (C=O) groups excluding carboxylic acids is 1. The van der Waals surface area contributed by atoms with Gasteiger partial charge in [0.2, 0.25) is 5.90 Å². The summed E-state index contributed by atoms with van der Waals surface area (Å²) in [5, 5.41) is 0. The highest BCUT2D eigenvalue weighted by Gasteiger charge is 2.25. The van der Waals surface area contributed by atoms with Crippen molar-refractivity contribution >= 4 is 17.9 Å². The van der Waals surface area contributed by atoms with Gasteiger partial charge in [-0.05, 0) is 56.2 Å². The number of hydrogen-bond acceptors (Lipinski definition) is 5. The van der Waals surface area contributed by atoms with Gasteiger partial charge in [-0.2, -0.15) is 0 Å². The SMILES string of the molecule is CCOc1ccc(/C=C2/N=C(c3ccccc3C)OC2=O)cc1OCC. The van der Waals surface area contributed by atoms with Crippen LogP contribution in [0.4, 0.5) is 0 Å². The summed E-state index contributed by atoms with van der Waals surface area (Å²) in [6.07, 6.45) is 1.69. The van der Waals surface area contributed by atoms with Gasteiger partial charge in [-0.25, -0.2) is 9.79 Å². The molecule has 1 heterocycles. The molecule has 0 unspecified atom stereocenters. The van der Waals surface area contributed by atoms with E-state index in [0.29, 0.717) is 30.6 Å². The Morgan fingerprint density at radius 3 is 2.50 bits per heavy atom. The van der Waals surface area contributed by atoms with Gasteiger partial charge in [-0.3, -0.25) is 0 Å². The summed E-state index contributed by atoms with van der Waals surface area (Å²) in [6, 6.07) is 13.2. The first-order valence-electron chi connectivity index (χ1n) is 8.60. The predicted molar refractivity (Wildman–Crippen MR) is 101 cm³/mol. The molecule has 0 aromatic heterocycles. The van der Waals surface area contributed by atoms with Crippen LogP contribution in [0.2, 0.25) is 0 Å². The molecule has 0 amide bonds. The lowest BCUT2D eigenvalue weighted by Gasteiger charge is -2.11. The van der Waals surface area contributed by atoms with Crippen LogP contribution < -0.4 is 9.47 Å². The Bertz CT molecular complexity index is 883. The number of ether oxygens (including phenoxy) is 3. The molecule has 0 fully saturated rings. The minimum atomic E-state index is -0.463. The molecule has 3 rings (SSSR count). The number of cyclic esters (lactones) is 1. The third-order valence-corrected chi connectivity index (χ3v) is 3.87. The molecule has 0 radical (unpaired) electrons. The van der Waals surface area contributed by atoms with Crippen molar-refractivity contribution < 1.29 is 19.0 Å². The van der Waals surface area contributed by atoms with Gasteiger partial charge in [0.15, 0.2) is 17.2 Å². The highest BCUT2D eigenvalue weighted by atomic mass is 16.6. The molecule has 2 aromatic carbocycles. The Kier molecular flexibility index (Phi) is 5.37. The summed E-state index contributed by atoms with van der Waals surface area (Å²) < 4.78 is 16.5. The number of hydrogen-bond donors (Lipinski definition) is 0. The molecule has 1 aliphatic rings. The fraction of sp³-hybridized carbons (Fsp3) is 0.238. The standard InChI is InChI=1S/C21H21NO4/c1-4-24-18-11-10-15(13-19(18)25-5-2)12-17-21(23)26-20(22-17)16-9-7-6-8-14(16)3/h6-13H,4-5H2,1-3H3/b17-12+. The van der Waals surface area contributed by atoms with E-state index in [1.807, 2.05) is 63.2 Å². The predicted octanol–water partition coefficient (Wildman–Crippen LogP) is 4.14. The second kappa shape index (κ2) is 7.87. The molecule has 0 aliphatic carbocycles. The Hall–Kier alpha value is -3.08. The van der Waals surface area contributed by atoms with Crippen molar-refractivity contribution in [2.75, 3.05) is 13.2 Å². The van der Waals surface area contributed by atoms with Crippen LogP contribution in [-0.2, 0) is 9.53 Å². The fourth-order valence-corrected chi connectivity index (χ4v) is 2.65. The van der Waals surface area contributed by atoms with E-state index >= 15 is 0 Å². The monoisotopic (exact) mass is 351 g/mol. The summed E-state index contributed by atoms with van der Waals surface area (Å²) in [6.45, 7) is 6.86. The van der Waals surface area contributed by atoms with Gasteiger partial charge >= 0.3 is 5.97 Å². The van der Waals surface area contributed by atoms with Crippen LogP contribution in [0.15, 0.2) is 53.2 Å². The van der Waals surface area contributed by atoms with E-state index in [2.05, 4.69) is 4.99 Å². The largest absolute Gasteiger partial charge is 0.490 e. The van der Waals surface area contributed by atoms with Crippen molar-refractivity contribution in [1.82, 2.24) is 0 Å². The first-order chi connectivity index (χ1) is 12.6. The van der Waals surface area contributed by atoms with Gasteiger partial charge in [0.25, 0.3) is 0 Å². The lowest BCUT2D eigenvalue weighted by atomic mass is 10.1. The topological polar surface area (TPSA) is 57.1 Å². The third-order valence-electron chi connectivity index (χ3n) is 3.87. The lowest BCUT2D eigenvalue weighted by molar-refractivity contribution is -0.129. The van der Waals surface area contributed by atoms with Crippen LogP contribution in [0.1, 0.15) is 30.5 Å². The van der Waals surface area contributed by atoms with Crippen molar-refractivity contribution in [3.63, 3.8) is 0 Å². The van der Waals surface area contributed by atoms with E-state index in [1.54, 1.807) is 6.08 Å². The summed E-state index contributed by atoms with van der Waals surface area (Å²) in [5.41, 5.74) is 2.86. The molecule has 0 spiro atoms. The highest BCUT2D eigenvalue weighted by Crippen LogP contribution is 2.30.